The highest BCUT2D eigenvalue weighted by Gasteiger charge is 2.16. The van der Waals surface area contributed by atoms with E-state index in [1.807, 2.05) is 0 Å². The standard InChI is InChI=1S/C9H19NS/c1-8(2)7-10-5-3-9(11)4-6-10/h8-9,11H,3-7H2,1-2H3. The SMILES string of the molecule is CC(C)CN1CCC(S)CC1. The van der Waals surface area contributed by atoms with Gasteiger partial charge in [0.25, 0.3) is 0 Å². The van der Waals surface area contributed by atoms with Gasteiger partial charge in [-0.25, -0.2) is 0 Å². The zero-order valence-electron chi connectivity index (χ0n) is 7.58. The van der Waals surface area contributed by atoms with E-state index >= 15 is 0 Å². The number of rotatable bonds is 2. The van der Waals surface area contributed by atoms with Crippen LogP contribution in [0.1, 0.15) is 26.7 Å². The molecule has 2 heteroatoms. The van der Waals surface area contributed by atoms with Gasteiger partial charge in [0.2, 0.25) is 0 Å². The predicted molar refractivity (Wildman–Crippen MR) is 53.3 cm³/mol. The summed E-state index contributed by atoms with van der Waals surface area (Å²) < 4.78 is 0. The molecule has 0 amide bonds. The predicted octanol–water partition coefficient (Wildman–Crippen LogP) is 2.04. The molecule has 0 spiro atoms. The smallest absolute Gasteiger partial charge is 0.00411 e. The van der Waals surface area contributed by atoms with Crippen molar-refractivity contribution in [3.8, 4) is 0 Å². The summed E-state index contributed by atoms with van der Waals surface area (Å²) in [6.45, 7) is 8.35. The molecule has 0 aromatic carbocycles. The van der Waals surface area contributed by atoms with Crippen LogP contribution in [0.3, 0.4) is 0 Å². The lowest BCUT2D eigenvalue weighted by Crippen LogP contribution is -2.36. The Morgan fingerprint density at radius 3 is 2.36 bits per heavy atom. The van der Waals surface area contributed by atoms with Crippen molar-refractivity contribution in [2.24, 2.45) is 5.92 Å². The molecule has 1 rings (SSSR count). The summed E-state index contributed by atoms with van der Waals surface area (Å²) >= 11 is 4.47. The molecule has 66 valence electrons. The van der Waals surface area contributed by atoms with E-state index in [1.165, 1.54) is 32.5 Å². The van der Waals surface area contributed by atoms with E-state index in [1.54, 1.807) is 0 Å². The maximum Gasteiger partial charge on any atom is 0.00411 e. The van der Waals surface area contributed by atoms with Gasteiger partial charge < -0.3 is 4.90 Å². The van der Waals surface area contributed by atoms with Crippen molar-refractivity contribution < 1.29 is 0 Å². The second-order valence-electron chi connectivity index (χ2n) is 3.93. The number of piperidine rings is 1. The molecular weight excluding hydrogens is 154 g/mol. The molecule has 0 radical (unpaired) electrons. The number of nitrogens with zero attached hydrogens (tertiary/aromatic N) is 1. The maximum atomic E-state index is 4.47. The minimum atomic E-state index is 0.665. The Hall–Kier alpha value is 0.310. The molecule has 0 unspecified atom stereocenters. The first-order valence-electron chi connectivity index (χ1n) is 4.59. The Labute approximate surface area is 75.6 Å². The summed E-state index contributed by atoms with van der Waals surface area (Å²) in [6.07, 6.45) is 2.55. The summed E-state index contributed by atoms with van der Waals surface area (Å²) in [5, 5.41) is 0.665. The van der Waals surface area contributed by atoms with Crippen LogP contribution in [0.15, 0.2) is 0 Å². The Bertz CT molecular complexity index is 106. The third-order valence-corrected chi connectivity index (χ3v) is 2.70. The van der Waals surface area contributed by atoms with Crippen molar-refractivity contribution in [2.75, 3.05) is 19.6 Å². The van der Waals surface area contributed by atoms with Crippen molar-refractivity contribution in [3.05, 3.63) is 0 Å². The van der Waals surface area contributed by atoms with Gasteiger partial charge in [-0.1, -0.05) is 13.8 Å². The Morgan fingerprint density at radius 2 is 1.91 bits per heavy atom. The number of thiol groups is 1. The van der Waals surface area contributed by atoms with Crippen LogP contribution in [0.5, 0.6) is 0 Å². The third kappa shape index (κ3) is 3.48. The van der Waals surface area contributed by atoms with Gasteiger partial charge in [0, 0.05) is 11.8 Å². The molecular formula is C9H19NS. The summed E-state index contributed by atoms with van der Waals surface area (Å²) in [7, 11) is 0. The Morgan fingerprint density at radius 1 is 1.36 bits per heavy atom. The van der Waals surface area contributed by atoms with Crippen LogP contribution in [0.4, 0.5) is 0 Å². The van der Waals surface area contributed by atoms with E-state index in [2.05, 4.69) is 31.4 Å². The van der Waals surface area contributed by atoms with Crippen molar-refractivity contribution in [2.45, 2.75) is 31.9 Å². The molecule has 0 aromatic heterocycles. The van der Waals surface area contributed by atoms with Crippen LogP contribution in [-0.4, -0.2) is 29.8 Å². The average Bonchev–Trinajstić information content (AvgIpc) is 1.93. The molecule has 0 atom stereocenters. The van der Waals surface area contributed by atoms with Gasteiger partial charge in [0.1, 0.15) is 0 Å². The molecule has 0 aromatic rings. The maximum absolute atomic E-state index is 4.47. The largest absolute Gasteiger partial charge is 0.303 e. The van der Waals surface area contributed by atoms with Gasteiger partial charge in [0.05, 0.1) is 0 Å². The van der Waals surface area contributed by atoms with Crippen molar-refractivity contribution >= 4 is 12.6 Å². The normalized spacial score (nSPS) is 22.9. The number of hydrogen-bond donors (Lipinski definition) is 1. The van der Waals surface area contributed by atoms with Crippen LogP contribution in [0.2, 0.25) is 0 Å². The summed E-state index contributed by atoms with van der Waals surface area (Å²) in [5.41, 5.74) is 0. The van der Waals surface area contributed by atoms with Crippen molar-refractivity contribution in [1.82, 2.24) is 4.90 Å². The molecule has 1 heterocycles. The van der Waals surface area contributed by atoms with Crippen LogP contribution in [0.25, 0.3) is 0 Å². The van der Waals surface area contributed by atoms with E-state index < -0.39 is 0 Å². The first-order chi connectivity index (χ1) is 5.18. The van der Waals surface area contributed by atoms with E-state index in [0.717, 1.165) is 5.92 Å². The van der Waals surface area contributed by atoms with Crippen LogP contribution in [0, 0.1) is 5.92 Å². The minimum Gasteiger partial charge on any atom is -0.303 e. The lowest BCUT2D eigenvalue weighted by atomic mass is 10.1. The van der Waals surface area contributed by atoms with Gasteiger partial charge >= 0.3 is 0 Å². The van der Waals surface area contributed by atoms with E-state index in [-0.39, 0.29) is 0 Å². The summed E-state index contributed by atoms with van der Waals surface area (Å²) in [5.74, 6) is 0.812. The third-order valence-electron chi connectivity index (χ3n) is 2.18. The second kappa shape index (κ2) is 4.36. The number of hydrogen-bond acceptors (Lipinski definition) is 2. The highest BCUT2D eigenvalue weighted by atomic mass is 32.1. The highest BCUT2D eigenvalue weighted by molar-refractivity contribution is 7.80. The molecule has 1 fully saturated rings. The molecule has 0 aliphatic carbocycles. The first-order valence-corrected chi connectivity index (χ1v) is 5.10. The van der Waals surface area contributed by atoms with Crippen molar-refractivity contribution in [3.63, 3.8) is 0 Å². The fourth-order valence-corrected chi connectivity index (χ4v) is 1.85. The van der Waals surface area contributed by atoms with Gasteiger partial charge in [-0.3, -0.25) is 0 Å². The first kappa shape index (κ1) is 9.40. The molecule has 1 aliphatic rings. The van der Waals surface area contributed by atoms with Crippen LogP contribution < -0.4 is 0 Å². The molecule has 1 saturated heterocycles. The van der Waals surface area contributed by atoms with Gasteiger partial charge in [-0.2, -0.15) is 12.6 Å². The van der Waals surface area contributed by atoms with Crippen LogP contribution in [-0.2, 0) is 0 Å². The molecule has 0 bridgehead atoms. The number of likely N-dealkylation sites (tertiary alicyclic amines) is 1. The topological polar surface area (TPSA) is 3.24 Å². The average molecular weight is 173 g/mol. The fourth-order valence-electron chi connectivity index (χ4n) is 1.62. The summed E-state index contributed by atoms with van der Waals surface area (Å²) in [4.78, 5) is 2.55. The van der Waals surface area contributed by atoms with E-state index in [4.69, 9.17) is 0 Å². The molecule has 0 saturated carbocycles. The fraction of sp³-hybridized carbons (Fsp3) is 1.00. The second-order valence-corrected chi connectivity index (χ2v) is 4.66. The minimum absolute atomic E-state index is 0.665. The highest BCUT2D eigenvalue weighted by Crippen LogP contribution is 2.15. The monoisotopic (exact) mass is 173 g/mol. The zero-order valence-corrected chi connectivity index (χ0v) is 8.48. The molecule has 1 aliphatic heterocycles. The van der Waals surface area contributed by atoms with E-state index in [0.29, 0.717) is 5.25 Å². The van der Waals surface area contributed by atoms with Gasteiger partial charge in [-0.15, -0.1) is 0 Å². The van der Waals surface area contributed by atoms with Gasteiger partial charge in [0.15, 0.2) is 0 Å². The Kier molecular flexibility index (Phi) is 3.73. The molecule has 1 nitrogen and oxygen atoms in total. The quantitative estimate of drug-likeness (QED) is 0.625. The van der Waals surface area contributed by atoms with Crippen molar-refractivity contribution in [1.29, 1.82) is 0 Å². The molecule has 11 heavy (non-hydrogen) atoms. The van der Waals surface area contributed by atoms with Gasteiger partial charge in [-0.05, 0) is 31.8 Å². The lowest BCUT2D eigenvalue weighted by molar-refractivity contribution is 0.210. The van der Waals surface area contributed by atoms with E-state index in [9.17, 15) is 0 Å². The molecule has 0 N–H and O–H groups in total. The zero-order chi connectivity index (χ0) is 8.27. The summed E-state index contributed by atoms with van der Waals surface area (Å²) in [6, 6.07) is 0. The lowest BCUT2D eigenvalue weighted by Gasteiger charge is -2.30. The Balaban J connectivity index is 2.17. The van der Waals surface area contributed by atoms with Crippen LogP contribution >= 0.6 is 12.6 Å².